The summed E-state index contributed by atoms with van der Waals surface area (Å²) in [5.74, 6) is 0.782. The van der Waals surface area contributed by atoms with E-state index in [9.17, 15) is 0 Å². The Hall–Kier alpha value is -0.800. The van der Waals surface area contributed by atoms with Crippen molar-refractivity contribution in [2.45, 2.75) is 25.0 Å². The zero-order valence-electron chi connectivity index (χ0n) is 7.07. The first kappa shape index (κ1) is 8.78. The summed E-state index contributed by atoms with van der Waals surface area (Å²) in [6.07, 6.45) is 1.46. The Morgan fingerprint density at radius 1 is 1.46 bits per heavy atom. The van der Waals surface area contributed by atoms with Crippen molar-refractivity contribution >= 4 is 17.4 Å². The second kappa shape index (κ2) is 3.52. The van der Waals surface area contributed by atoms with E-state index < -0.39 is 0 Å². The Balaban J connectivity index is 1.94. The van der Waals surface area contributed by atoms with Crippen LogP contribution in [-0.4, -0.2) is 22.2 Å². The average Bonchev–Trinajstić information content (AvgIpc) is 2.01. The summed E-state index contributed by atoms with van der Waals surface area (Å²) >= 11 is 5.72. The minimum absolute atomic E-state index is 0.142. The first-order valence-electron chi connectivity index (χ1n) is 4.31. The number of anilines is 1. The van der Waals surface area contributed by atoms with Crippen molar-refractivity contribution in [3.8, 4) is 0 Å². The van der Waals surface area contributed by atoms with E-state index in [0.29, 0.717) is 11.2 Å². The molecule has 0 unspecified atom stereocenters. The van der Waals surface area contributed by atoms with Gasteiger partial charge in [-0.1, -0.05) is 17.7 Å². The molecule has 0 saturated heterocycles. The molecule has 1 aliphatic carbocycles. The van der Waals surface area contributed by atoms with Crippen LogP contribution < -0.4 is 5.32 Å². The average molecular weight is 199 g/mol. The highest BCUT2D eigenvalue weighted by atomic mass is 35.5. The van der Waals surface area contributed by atoms with Crippen molar-refractivity contribution in [1.82, 2.24) is 4.98 Å². The second-order valence-corrected chi connectivity index (χ2v) is 3.70. The molecule has 1 aromatic rings. The van der Waals surface area contributed by atoms with E-state index in [1.807, 2.05) is 12.1 Å². The SMILES string of the molecule is OC1CC(Nc2cccc(Cl)n2)C1. The van der Waals surface area contributed by atoms with Crippen LogP contribution in [0.15, 0.2) is 18.2 Å². The largest absolute Gasteiger partial charge is 0.393 e. The van der Waals surface area contributed by atoms with Crippen molar-refractivity contribution in [3.05, 3.63) is 23.4 Å². The molecule has 1 fully saturated rings. The normalized spacial score (nSPS) is 26.6. The van der Waals surface area contributed by atoms with E-state index in [2.05, 4.69) is 10.3 Å². The van der Waals surface area contributed by atoms with Gasteiger partial charge in [0.15, 0.2) is 0 Å². The molecule has 13 heavy (non-hydrogen) atoms. The molecule has 2 rings (SSSR count). The molecule has 0 aliphatic heterocycles. The number of nitrogens with one attached hydrogen (secondary N) is 1. The van der Waals surface area contributed by atoms with Crippen molar-refractivity contribution in [3.63, 3.8) is 0 Å². The molecule has 1 aliphatic rings. The Morgan fingerprint density at radius 3 is 2.85 bits per heavy atom. The van der Waals surface area contributed by atoms with E-state index >= 15 is 0 Å². The highest BCUT2D eigenvalue weighted by Crippen LogP contribution is 2.23. The number of hydrogen-bond donors (Lipinski definition) is 2. The predicted molar refractivity (Wildman–Crippen MR) is 51.9 cm³/mol. The summed E-state index contributed by atoms with van der Waals surface area (Å²) in [4.78, 5) is 4.09. The molecule has 4 heteroatoms. The zero-order valence-corrected chi connectivity index (χ0v) is 7.83. The summed E-state index contributed by atoms with van der Waals surface area (Å²) in [5.41, 5.74) is 0. The summed E-state index contributed by atoms with van der Waals surface area (Å²) in [6.45, 7) is 0. The van der Waals surface area contributed by atoms with Crippen LogP contribution in [0.25, 0.3) is 0 Å². The van der Waals surface area contributed by atoms with Gasteiger partial charge >= 0.3 is 0 Å². The van der Waals surface area contributed by atoms with Gasteiger partial charge in [0.05, 0.1) is 6.10 Å². The highest BCUT2D eigenvalue weighted by molar-refractivity contribution is 6.29. The second-order valence-electron chi connectivity index (χ2n) is 3.31. The van der Waals surface area contributed by atoms with Crippen LogP contribution in [0.2, 0.25) is 5.15 Å². The Kier molecular flexibility index (Phi) is 2.38. The number of rotatable bonds is 2. The van der Waals surface area contributed by atoms with E-state index in [-0.39, 0.29) is 6.10 Å². The van der Waals surface area contributed by atoms with E-state index in [0.717, 1.165) is 18.7 Å². The maximum atomic E-state index is 9.06. The molecule has 0 aromatic carbocycles. The monoisotopic (exact) mass is 198 g/mol. The van der Waals surface area contributed by atoms with Crippen molar-refractivity contribution in [2.24, 2.45) is 0 Å². The minimum Gasteiger partial charge on any atom is -0.393 e. The van der Waals surface area contributed by atoms with Crippen LogP contribution in [0.5, 0.6) is 0 Å². The lowest BCUT2D eigenvalue weighted by Gasteiger charge is -2.32. The highest BCUT2D eigenvalue weighted by Gasteiger charge is 2.26. The molecule has 0 spiro atoms. The maximum absolute atomic E-state index is 9.06. The third kappa shape index (κ3) is 2.11. The molecular formula is C9H11ClN2O. The first-order chi connectivity index (χ1) is 6.24. The van der Waals surface area contributed by atoms with Gasteiger partial charge < -0.3 is 10.4 Å². The number of aliphatic hydroxyl groups is 1. The van der Waals surface area contributed by atoms with Crippen LogP contribution in [-0.2, 0) is 0 Å². The fourth-order valence-corrected chi connectivity index (χ4v) is 1.57. The number of halogens is 1. The van der Waals surface area contributed by atoms with E-state index in [1.54, 1.807) is 6.07 Å². The Labute approximate surface area is 81.8 Å². The van der Waals surface area contributed by atoms with Crippen LogP contribution in [0.4, 0.5) is 5.82 Å². The molecule has 0 bridgehead atoms. The minimum atomic E-state index is -0.142. The van der Waals surface area contributed by atoms with Crippen LogP contribution in [0, 0.1) is 0 Å². The van der Waals surface area contributed by atoms with E-state index in [4.69, 9.17) is 16.7 Å². The molecule has 0 amide bonds. The molecule has 3 nitrogen and oxygen atoms in total. The lowest BCUT2D eigenvalue weighted by molar-refractivity contribution is 0.0835. The molecule has 1 saturated carbocycles. The fraction of sp³-hybridized carbons (Fsp3) is 0.444. The van der Waals surface area contributed by atoms with Crippen molar-refractivity contribution < 1.29 is 5.11 Å². The van der Waals surface area contributed by atoms with Gasteiger partial charge in [0.25, 0.3) is 0 Å². The first-order valence-corrected chi connectivity index (χ1v) is 4.69. The Bertz CT molecular complexity index is 299. The number of pyridine rings is 1. The molecule has 0 atom stereocenters. The van der Waals surface area contributed by atoms with Gasteiger partial charge in [0.2, 0.25) is 0 Å². The third-order valence-corrected chi connectivity index (χ3v) is 2.39. The zero-order chi connectivity index (χ0) is 9.26. The summed E-state index contributed by atoms with van der Waals surface area (Å²) in [6, 6.07) is 5.81. The van der Waals surface area contributed by atoms with Gasteiger partial charge in [-0.25, -0.2) is 4.98 Å². The summed E-state index contributed by atoms with van der Waals surface area (Å²) < 4.78 is 0. The number of aliphatic hydroxyl groups excluding tert-OH is 1. The van der Waals surface area contributed by atoms with Crippen molar-refractivity contribution in [1.29, 1.82) is 0 Å². The number of nitrogens with zero attached hydrogens (tertiary/aromatic N) is 1. The smallest absolute Gasteiger partial charge is 0.131 e. The van der Waals surface area contributed by atoms with Gasteiger partial charge in [-0.3, -0.25) is 0 Å². The van der Waals surface area contributed by atoms with Gasteiger partial charge in [-0.15, -0.1) is 0 Å². The topological polar surface area (TPSA) is 45.1 Å². The van der Waals surface area contributed by atoms with Gasteiger partial charge in [-0.2, -0.15) is 0 Å². The van der Waals surface area contributed by atoms with Gasteiger partial charge in [0.1, 0.15) is 11.0 Å². The van der Waals surface area contributed by atoms with Crippen LogP contribution >= 0.6 is 11.6 Å². The van der Waals surface area contributed by atoms with Crippen LogP contribution in [0.1, 0.15) is 12.8 Å². The maximum Gasteiger partial charge on any atom is 0.131 e. The van der Waals surface area contributed by atoms with Gasteiger partial charge in [-0.05, 0) is 25.0 Å². The lowest BCUT2D eigenvalue weighted by atomic mass is 9.89. The van der Waals surface area contributed by atoms with Crippen molar-refractivity contribution in [2.75, 3.05) is 5.32 Å². The summed E-state index contributed by atoms with van der Waals surface area (Å²) in [7, 11) is 0. The molecule has 1 aromatic heterocycles. The fourth-order valence-electron chi connectivity index (χ4n) is 1.40. The van der Waals surface area contributed by atoms with E-state index in [1.165, 1.54) is 0 Å². The Morgan fingerprint density at radius 2 is 2.23 bits per heavy atom. The summed E-state index contributed by atoms with van der Waals surface area (Å²) in [5, 5.41) is 12.7. The standard InChI is InChI=1S/C9H11ClN2O/c10-8-2-1-3-9(12-8)11-6-4-7(13)5-6/h1-3,6-7,13H,4-5H2,(H,11,12). The molecular weight excluding hydrogens is 188 g/mol. The number of hydrogen-bond acceptors (Lipinski definition) is 3. The molecule has 2 N–H and O–H groups in total. The molecule has 1 heterocycles. The third-order valence-electron chi connectivity index (χ3n) is 2.18. The lowest BCUT2D eigenvalue weighted by Crippen LogP contribution is -2.39. The van der Waals surface area contributed by atoms with Gasteiger partial charge in [0, 0.05) is 6.04 Å². The quantitative estimate of drug-likeness (QED) is 0.711. The predicted octanol–water partition coefficient (Wildman–Crippen LogP) is 1.67. The van der Waals surface area contributed by atoms with Crippen LogP contribution in [0.3, 0.4) is 0 Å². The number of aromatic nitrogens is 1. The molecule has 70 valence electrons. The molecule has 0 radical (unpaired) electrons.